The Kier molecular flexibility index (Phi) is 13.8. The van der Waals surface area contributed by atoms with Gasteiger partial charge in [-0.25, -0.2) is 0 Å². The highest BCUT2D eigenvalue weighted by atomic mass is 79.9. The van der Waals surface area contributed by atoms with Crippen molar-refractivity contribution in [2.75, 3.05) is 61.5 Å². The molecule has 0 aliphatic rings. The van der Waals surface area contributed by atoms with Crippen LogP contribution < -0.4 is 22.1 Å². The third-order valence-corrected chi connectivity index (χ3v) is 8.11. The summed E-state index contributed by atoms with van der Waals surface area (Å²) in [6.45, 7) is 10.2. The molecule has 0 saturated heterocycles. The predicted octanol–water partition coefficient (Wildman–Crippen LogP) is -1.27. The van der Waals surface area contributed by atoms with Gasteiger partial charge in [0.15, 0.2) is 6.29 Å². The van der Waals surface area contributed by atoms with E-state index < -0.39 is 7.87 Å². The third kappa shape index (κ3) is 5.99. The van der Waals surface area contributed by atoms with Gasteiger partial charge in [-0.05, 0) is 20.8 Å². The number of nitrogens with one attached hydrogen (secondary N) is 1. The fourth-order valence-electron chi connectivity index (χ4n) is 2.20. The summed E-state index contributed by atoms with van der Waals surface area (Å²) in [5.74, 6) is 0. The summed E-state index contributed by atoms with van der Waals surface area (Å²) in [5, 5.41) is 3.73. The Morgan fingerprint density at radius 3 is 1.43 bits per heavy atom. The van der Waals surface area contributed by atoms with Crippen LogP contribution in [0.3, 0.4) is 0 Å². The zero-order chi connectivity index (χ0) is 15.8. The Bertz CT molecular complexity index is 234. The lowest BCUT2D eigenvalue weighted by atomic mass is 10.6. The van der Waals surface area contributed by atoms with Gasteiger partial charge in [-0.3, -0.25) is 0 Å². The molecule has 1 N–H and O–H groups in total. The van der Waals surface area contributed by atoms with Gasteiger partial charge in [-0.1, -0.05) is 0 Å². The average molecular weight is 389 g/mol. The van der Waals surface area contributed by atoms with Gasteiger partial charge in [0.1, 0.15) is 0 Å². The van der Waals surface area contributed by atoms with E-state index in [0.717, 1.165) is 19.6 Å². The molecular formula is C13H34BrN4O2P. The summed E-state index contributed by atoms with van der Waals surface area (Å²) in [6, 6.07) is 0. The second-order valence-corrected chi connectivity index (χ2v) is 8.25. The van der Waals surface area contributed by atoms with Crippen molar-refractivity contribution in [3.63, 3.8) is 0 Å². The van der Waals surface area contributed by atoms with E-state index in [1.54, 1.807) is 14.2 Å². The van der Waals surface area contributed by atoms with E-state index in [1.165, 1.54) is 0 Å². The number of rotatable bonds is 11. The molecule has 0 aromatic rings. The van der Waals surface area contributed by atoms with Crippen LogP contribution in [0.25, 0.3) is 0 Å². The Labute approximate surface area is 142 Å². The van der Waals surface area contributed by atoms with Crippen LogP contribution in [0.2, 0.25) is 0 Å². The summed E-state index contributed by atoms with van der Waals surface area (Å²) in [5.41, 5.74) is 0. The molecular weight excluding hydrogens is 355 g/mol. The van der Waals surface area contributed by atoms with Crippen LogP contribution in [-0.2, 0) is 9.47 Å². The van der Waals surface area contributed by atoms with Crippen molar-refractivity contribution < 1.29 is 26.5 Å². The number of nitrogens with zero attached hydrogens (tertiary/aromatic N) is 3. The zero-order valence-corrected chi connectivity index (χ0v) is 17.4. The second-order valence-electron chi connectivity index (χ2n) is 4.75. The molecule has 0 aliphatic heterocycles. The first-order chi connectivity index (χ1) is 9.44. The molecule has 0 fully saturated rings. The Morgan fingerprint density at radius 2 is 1.19 bits per heavy atom. The Morgan fingerprint density at radius 1 is 0.857 bits per heavy atom. The first-order valence-electron chi connectivity index (χ1n) is 7.28. The molecule has 21 heavy (non-hydrogen) atoms. The summed E-state index contributed by atoms with van der Waals surface area (Å²) in [4.78, 5) is 0. The number of hydrogen-bond acceptors (Lipinski definition) is 6. The van der Waals surface area contributed by atoms with Crippen molar-refractivity contribution in [3.8, 4) is 0 Å². The van der Waals surface area contributed by atoms with Gasteiger partial charge in [0, 0.05) is 55.0 Å². The average Bonchev–Trinajstić information content (AvgIpc) is 2.49. The molecule has 0 bridgehead atoms. The number of methoxy groups -OCH3 is 2. The maximum absolute atomic E-state index is 5.31. The molecule has 8 heteroatoms. The van der Waals surface area contributed by atoms with Crippen molar-refractivity contribution in [1.29, 1.82) is 0 Å². The van der Waals surface area contributed by atoms with Crippen LogP contribution in [-0.4, -0.2) is 81.8 Å². The molecule has 0 rings (SSSR count). The predicted molar refractivity (Wildman–Crippen MR) is 87.6 cm³/mol. The fraction of sp³-hybridized carbons (Fsp3) is 1.00. The summed E-state index contributed by atoms with van der Waals surface area (Å²) >= 11 is 0. The summed E-state index contributed by atoms with van der Waals surface area (Å²) in [7, 11) is 8.11. The third-order valence-electron chi connectivity index (χ3n) is 3.80. The van der Waals surface area contributed by atoms with E-state index in [1.807, 2.05) is 0 Å². The number of halogens is 1. The minimum atomic E-state index is -1.76. The Balaban J connectivity index is 0. The van der Waals surface area contributed by atoms with E-state index >= 15 is 0 Å². The molecule has 0 spiro atoms. The highest BCUT2D eigenvalue weighted by Crippen LogP contribution is 2.61. The van der Waals surface area contributed by atoms with E-state index in [2.05, 4.69) is 61.0 Å². The smallest absolute Gasteiger partial charge is 0.305 e. The molecule has 0 unspecified atom stereocenters. The zero-order valence-electron chi connectivity index (χ0n) is 14.9. The second kappa shape index (κ2) is 12.1. The van der Waals surface area contributed by atoms with Crippen LogP contribution in [0.15, 0.2) is 0 Å². The number of hydrogen-bond donors (Lipinski definition) is 1. The number of ether oxygens (including phenoxy) is 2. The van der Waals surface area contributed by atoms with Crippen LogP contribution in [0.1, 0.15) is 20.8 Å². The molecule has 0 aromatic heterocycles. The van der Waals surface area contributed by atoms with Gasteiger partial charge in [0.25, 0.3) is 0 Å². The van der Waals surface area contributed by atoms with Gasteiger partial charge in [-0.2, -0.15) is 0 Å². The van der Waals surface area contributed by atoms with Crippen LogP contribution in [0.4, 0.5) is 0 Å². The maximum atomic E-state index is 5.31. The molecule has 0 heterocycles. The van der Waals surface area contributed by atoms with E-state index in [9.17, 15) is 0 Å². The molecule has 0 radical (unpaired) electrons. The topological polar surface area (TPSA) is 40.2 Å². The maximum Gasteiger partial charge on any atom is 0.305 e. The normalized spacial score (nSPS) is 12.6. The summed E-state index contributed by atoms with van der Waals surface area (Å²) < 4.78 is 17.8. The van der Waals surface area contributed by atoms with Gasteiger partial charge in [-0.15, -0.1) is 19.1 Å². The molecule has 0 aromatic carbocycles. The molecule has 0 aliphatic carbocycles. The lowest BCUT2D eigenvalue weighted by molar-refractivity contribution is -0.0965. The standard InChI is InChI=1S/C13H34N4O2P.BrH/c1-9-15(4)20(16(5)10-2,17(6)11-3)14-12-13(18-7)19-8;/h13-14H,9-12H2,1-8H3;1H/q+1;/p-1. The van der Waals surface area contributed by atoms with Crippen molar-refractivity contribution in [3.05, 3.63) is 0 Å². The van der Waals surface area contributed by atoms with E-state index in [-0.39, 0.29) is 23.3 Å². The monoisotopic (exact) mass is 388 g/mol. The molecule has 0 saturated carbocycles. The van der Waals surface area contributed by atoms with Crippen LogP contribution >= 0.6 is 7.87 Å². The minimum Gasteiger partial charge on any atom is -1.00 e. The van der Waals surface area contributed by atoms with E-state index in [0.29, 0.717) is 6.54 Å². The quantitative estimate of drug-likeness (QED) is 0.351. The summed E-state index contributed by atoms with van der Waals surface area (Å²) in [6.07, 6.45) is -0.227. The van der Waals surface area contributed by atoms with Gasteiger partial charge >= 0.3 is 7.87 Å². The minimum absolute atomic E-state index is 0. The highest BCUT2D eigenvalue weighted by Gasteiger charge is 2.51. The first-order valence-corrected chi connectivity index (χ1v) is 8.93. The van der Waals surface area contributed by atoms with Crippen molar-refractivity contribution >= 4 is 7.87 Å². The molecule has 6 nitrogen and oxygen atoms in total. The fourth-order valence-corrected chi connectivity index (χ4v) is 6.06. The van der Waals surface area contributed by atoms with Gasteiger partial charge < -0.3 is 26.5 Å². The van der Waals surface area contributed by atoms with Crippen LogP contribution in [0.5, 0.6) is 0 Å². The van der Waals surface area contributed by atoms with Crippen molar-refractivity contribution in [2.45, 2.75) is 27.1 Å². The SMILES string of the molecule is CCN(C)[P+](NCC(OC)OC)(N(C)CC)N(C)CC.[Br-]. The molecule has 130 valence electrons. The van der Waals surface area contributed by atoms with Gasteiger partial charge in [0.2, 0.25) is 0 Å². The van der Waals surface area contributed by atoms with Gasteiger partial charge in [0.05, 0.1) is 6.54 Å². The lowest BCUT2D eigenvalue weighted by Gasteiger charge is -2.43. The lowest BCUT2D eigenvalue weighted by Crippen LogP contribution is -3.00. The molecule has 0 atom stereocenters. The molecule has 0 amide bonds. The highest BCUT2D eigenvalue weighted by molar-refractivity contribution is 7.67. The first kappa shape index (κ1) is 23.9. The largest absolute Gasteiger partial charge is 1.00 e. The van der Waals surface area contributed by atoms with E-state index in [4.69, 9.17) is 9.47 Å². The Hall–Kier alpha value is 0.670. The van der Waals surface area contributed by atoms with Crippen LogP contribution in [0, 0.1) is 0 Å². The van der Waals surface area contributed by atoms with Crippen molar-refractivity contribution in [2.24, 2.45) is 0 Å². The van der Waals surface area contributed by atoms with Crippen molar-refractivity contribution in [1.82, 2.24) is 19.1 Å².